The molecule has 0 aliphatic carbocycles. The molecule has 0 saturated carbocycles. The summed E-state index contributed by atoms with van der Waals surface area (Å²) in [5.74, 6) is 0.309. The van der Waals surface area contributed by atoms with Crippen LogP contribution in [0.1, 0.15) is 26.3 Å². The molecule has 0 amide bonds. The zero-order valence-electron chi connectivity index (χ0n) is 21.4. The van der Waals surface area contributed by atoms with E-state index in [1.807, 2.05) is 26.8 Å². The van der Waals surface area contributed by atoms with E-state index in [0.29, 0.717) is 38.9 Å². The van der Waals surface area contributed by atoms with Gasteiger partial charge in [0.05, 0.1) is 32.4 Å². The zero-order valence-corrected chi connectivity index (χ0v) is 22.2. The molecule has 37 heavy (non-hydrogen) atoms. The highest BCUT2D eigenvalue weighted by Gasteiger charge is 2.25. The Morgan fingerprint density at radius 1 is 1.00 bits per heavy atom. The number of ether oxygens (including phenoxy) is 2. The molecule has 0 spiro atoms. The number of rotatable bonds is 6. The summed E-state index contributed by atoms with van der Waals surface area (Å²) in [5.41, 5.74) is 2.51. The van der Waals surface area contributed by atoms with Gasteiger partial charge in [0.1, 0.15) is 11.6 Å². The van der Waals surface area contributed by atoms with Crippen molar-refractivity contribution in [3.63, 3.8) is 0 Å². The van der Waals surface area contributed by atoms with E-state index in [9.17, 15) is 17.6 Å². The van der Waals surface area contributed by atoms with Crippen LogP contribution in [0.4, 0.5) is 10.1 Å². The second-order valence-electron chi connectivity index (χ2n) is 9.75. The Labute approximate surface area is 214 Å². The highest BCUT2D eigenvalue weighted by Crippen LogP contribution is 2.43. The predicted molar refractivity (Wildman–Crippen MR) is 143 cm³/mol. The molecule has 0 atom stereocenters. The first-order chi connectivity index (χ1) is 17.3. The maximum atomic E-state index is 14.2. The average Bonchev–Trinajstić information content (AvgIpc) is 2.81. The number of halogens is 1. The summed E-state index contributed by atoms with van der Waals surface area (Å²) >= 11 is 0. The topological polar surface area (TPSA) is 110 Å². The fourth-order valence-corrected chi connectivity index (χ4v) is 4.80. The Morgan fingerprint density at radius 3 is 2.35 bits per heavy atom. The number of methoxy groups -OCH3 is 2. The van der Waals surface area contributed by atoms with Gasteiger partial charge < -0.3 is 14.5 Å². The van der Waals surface area contributed by atoms with Crippen molar-refractivity contribution in [3.05, 3.63) is 70.4 Å². The van der Waals surface area contributed by atoms with Crippen LogP contribution >= 0.6 is 0 Å². The van der Waals surface area contributed by atoms with Crippen LogP contribution in [0.3, 0.4) is 0 Å². The molecule has 4 aromatic rings. The molecule has 0 radical (unpaired) electrons. The summed E-state index contributed by atoms with van der Waals surface area (Å²) < 4.78 is 51.0. The summed E-state index contributed by atoms with van der Waals surface area (Å²) in [6.07, 6.45) is 2.13. The molecule has 2 heterocycles. The summed E-state index contributed by atoms with van der Waals surface area (Å²) in [5, 5.41) is 0.923. The van der Waals surface area contributed by atoms with Gasteiger partial charge in [-0.05, 0) is 52.8 Å². The number of sulfonamides is 1. The third-order valence-corrected chi connectivity index (χ3v) is 6.47. The van der Waals surface area contributed by atoms with E-state index in [1.165, 1.54) is 19.2 Å². The molecule has 0 saturated heterocycles. The standard InChI is InChI=1S/C27H28FN3O5S/c1-27(2,3)22-10-16(20-12-17(28)14-29-26(20)36-5)9-21(24(22)35-4)23-11-15-7-8-18(31-37(6,33)34)13-19(15)25(32)30-23/h7-14,31H,1-6H3,(H,30,32). The molecule has 2 N–H and O–H groups in total. The normalized spacial score (nSPS) is 12.0. The van der Waals surface area contributed by atoms with E-state index in [0.717, 1.165) is 18.0 Å². The highest BCUT2D eigenvalue weighted by molar-refractivity contribution is 7.92. The van der Waals surface area contributed by atoms with E-state index >= 15 is 0 Å². The van der Waals surface area contributed by atoms with Gasteiger partial charge in [0.25, 0.3) is 5.56 Å². The first kappa shape index (κ1) is 26.2. The maximum absolute atomic E-state index is 14.2. The molecule has 10 heteroatoms. The molecular formula is C27H28FN3O5S. The lowest BCUT2D eigenvalue weighted by molar-refractivity contribution is 0.396. The molecule has 2 aromatic carbocycles. The van der Waals surface area contributed by atoms with Crippen LogP contribution in [0.5, 0.6) is 11.6 Å². The van der Waals surface area contributed by atoms with Crippen LogP contribution in [-0.4, -0.2) is 38.9 Å². The summed E-state index contributed by atoms with van der Waals surface area (Å²) in [6, 6.07) is 11.6. The van der Waals surface area contributed by atoms with Gasteiger partial charge in [-0.15, -0.1) is 0 Å². The van der Waals surface area contributed by atoms with Crippen molar-refractivity contribution in [3.8, 4) is 34.0 Å². The SMILES string of the molecule is COc1ncc(F)cc1-c1cc(-c2cc3ccc(NS(C)(=O)=O)cc3c(=O)[nH]2)c(OC)c(C(C)(C)C)c1. The minimum atomic E-state index is -3.50. The number of nitrogens with zero attached hydrogens (tertiary/aromatic N) is 1. The predicted octanol–water partition coefficient (Wildman–Crippen LogP) is 5.08. The summed E-state index contributed by atoms with van der Waals surface area (Å²) in [7, 11) is -0.478. The van der Waals surface area contributed by atoms with Crippen LogP contribution in [0, 0.1) is 5.82 Å². The lowest BCUT2D eigenvalue weighted by Crippen LogP contribution is -2.15. The van der Waals surface area contributed by atoms with E-state index in [-0.39, 0.29) is 17.0 Å². The van der Waals surface area contributed by atoms with Crippen LogP contribution in [-0.2, 0) is 15.4 Å². The third-order valence-electron chi connectivity index (χ3n) is 5.86. The molecule has 194 valence electrons. The zero-order chi connectivity index (χ0) is 27.1. The second kappa shape index (κ2) is 9.51. The van der Waals surface area contributed by atoms with Gasteiger partial charge in [-0.2, -0.15) is 0 Å². The minimum Gasteiger partial charge on any atom is -0.496 e. The Bertz CT molecular complexity index is 1670. The number of nitrogens with one attached hydrogen (secondary N) is 2. The van der Waals surface area contributed by atoms with E-state index in [4.69, 9.17) is 9.47 Å². The molecule has 0 unspecified atom stereocenters. The Balaban J connectivity index is 2.00. The number of fused-ring (bicyclic) bond motifs is 1. The number of aromatic nitrogens is 2. The third kappa shape index (κ3) is 5.43. The van der Waals surface area contributed by atoms with Gasteiger partial charge in [0.2, 0.25) is 15.9 Å². The number of anilines is 1. The van der Waals surface area contributed by atoms with Crippen molar-refractivity contribution in [2.24, 2.45) is 0 Å². The molecular weight excluding hydrogens is 497 g/mol. The van der Waals surface area contributed by atoms with Gasteiger partial charge in [0.15, 0.2) is 0 Å². The number of pyridine rings is 2. The molecule has 2 aromatic heterocycles. The maximum Gasteiger partial charge on any atom is 0.256 e. The highest BCUT2D eigenvalue weighted by atomic mass is 32.2. The van der Waals surface area contributed by atoms with E-state index < -0.39 is 21.4 Å². The summed E-state index contributed by atoms with van der Waals surface area (Å²) in [6.45, 7) is 6.08. The van der Waals surface area contributed by atoms with E-state index in [1.54, 1.807) is 31.4 Å². The number of benzene rings is 2. The molecule has 0 aliphatic heterocycles. The van der Waals surface area contributed by atoms with Gasteiger partial charge >= 0.3 is 0 Å². The smallest absolute Gasteiger partial charge is 0.256 e. The second-order valence-corrected chi connectivity index (χ2v) is 11.5. The molecule has 0 aliphatic rings. The Hall–Kier alpha value is -3.92. The lowest BCUT2D eigenvalue weighted by atomic mass is 9.82. The average molecular weight is 526 g/mol. The van der Waals surface area contributed by atoms with Crippen LogP contribution in [0.15, 0.2) is 53.5 Å². The molecule has 0 bridgehead atoms. The fraction of sp³-hybridized carbons (Fsp3) is 0.259. The largest absolute Gasteiger partial charge is 0.496 e. The van der Waals surface area contributed by atoms with Crippen molar-refractivity contribution < 1.29 is 22.3 Å². The monoisotopic (exact) mass is 525 g/mol. The quantitative estimate of drug-likeness (QED) is 0.363. The minimum absolute atomic E-state index is 0.260. The van der Waals surface area contributed by atoms with Crippen LogP contribution < -0.4 is 19.8 Å². The lowest BCUT2D eigenvalue weighted by Gasteiger charge is -2.25. The summed E-state index contributed by atoms with van der Waals surface area (Å²) in [4.78, 5) is 20.1. The number of hydrogen-bond donors (Lipinski definition) is 2. The van der Waals surface area contributed by atoms with Gasteiger partial charge in [-0.1, -0.05) is 26.8 Å². The first-order valence-corrected chi connectivity index (χ1v) is 13.3. The van der Waals surface area contributed by atoms with Gasteiger partial charge in [0, 0.05) is 27.8 Å². The van der Waals surface area contributed by atoms with Crippen molar-refractivity contribution >= 4 is 26.5 Å². The fourth-order valence-electron chi connectivity index (χ4n) is 4.24. The van der Waals surface area contributed by atoms with Crippen molar-refractivity contribution in [2.75, 3.05) is 25.2 Å². The van der Waals surface area contributed by atoms with Gasteiger partial charge in [-0.25, -0.2) is 17.8 Å². The number of hydrogen-bond acceptors (Lipinski definition) is 6. The van der Waals surface area contributed by atoms with Crippen molar-refractivity contribution in [2.45, 2.75) is 26.2 Å². The molecule has 4 rings (SSSR count). The van der Waals surface area contributed by atoms with Crippen LogP contribution in [0.25, 0.3) is 33.2 Å². The Morgan fingerprint density at radius 2 is 1.73 bits per heavy atom. The van der Waals surface area contributed by atoms with Gasteiger partial charge in [-0.3, -0.25) is 9.52 Å². The molecule has 0 fully saturated rings. The first-order valence-electron chi connectivity index (χ1n) is 11.4. The number of aromatic amines is 1. The van der Waals surface area contributed by atoms with Crippen LogP contribution in [0.2, 0.25) is 0 Å². The van der Waals surface area contributed by atoms with Crippen molar-refractivity contribution in [1.29, 1.82) is 0 Å². The number of H-pyrrole nitrogens is 1. The molecule has 8 nitrogen and oxygen atoms in total. The van der Waals surface area contributed by atoms with E-state index in [2.05, 4.69) is 14.7 Å². The van der Waals surface area contributed by atoms with Crippen molar-refractivity contribution in [1.82, 2.24) is 9.97 Å². The Kier molecular flexibility index (Phi) is 6.72.